The quantitative estimate of drug-likeness (QED) is 0.774. The lowest BCUT2D eigenvalue weighted by atomic mass is 10.1. The van der Waals surface area contributed by atoms with Gasteiger partial charge < -0.3 is 10.3 Å². The van der Waals surface area contributed by atoms with E-state index in [0.29, 0.717) is 11.4 Å². The number of carbonyl (C=O) groups is 1. The van der Waals surface area contributed by atoms with Gasteiger partial charge in [-0.25, -0.2) is 4.98 Å². The monoisotopic (exact) mass is 299 g/mol. The topological polar surface area (TPSA) is 57.8 Å². The summed E-state index contributed by atoms with van der Waals surface area (Å²) in [6.07, 6.45) is 1.95. The van der Waals surface area contributed by atoms with Crippen molar-refractivity contribution < 1.29 is 4.79 Å². The van der Waals surface area contributed by atoms with Crippen molar-refractivity contribution in [1.29, 1.82) is 0 Å². The first-order chi connectivity index (χ1) is 10.1. The number of aromatic amines is 1. The van der Waals surface area contributed by atoms with Crippen LogP contribution in [-0.4, -0.2) is 15.9 Å². The normalized spacial score (nSPS) is 10.8. The van der Waals surface area contributed by atoms with Crippen molar-refractivity contribution in [2.75, 3.05) is 5.32 Å². The number of anilines is 1. The van der Waals surface area contributed by atoms with Crippen molar-refractivity contribution >= 4 is 34.2 Å². The van der Waals surface area contributed by atoms with E-state index in [4.69, 9.17) is 11.6 Å². The lowest BCUT2D eigenvalue weighted by molar-refractivity contribution is -0.115. The second-order valence-corrected chi connectivity index (χ2v) is 5.30. The number of hydrogen-bond donors (Lipinski definition) is 2. The number of rotatable bonds is 3. The standard InChI is InChI=1S/C16H14ClN3O/c1-10-12(17)3-2-4-13(10)20-16(21)8-11-5-6-14-15(7-11)19-9-18-14/h2-7,9H,8H2,1H3,(H,18,19)(H,20,21). The van der Waals surface area contributed by atoms with Crippen molar-refractivity contribution in [3.63, 3.8) is 0 Å². The van der Waals surface area contributed by atoms with Crippen LogP contribution in [0.3, 0.4) is 0 Å². The van der Waals surface area contributed by atoms with Crippen LogP contribution in [0.5, 0.6) is 0 Å². The lowest BCUT2D eigenvalue weighted by Gasteiger charge is -2.09. The molecule has 3 aromatic rings. The fourth-order valence-electron chi connectivity index (χ4n) is 2.22. The van der Waals surface area contributed by atoms with Crippen molar-refractivity contribution in [2.45, 2.75) is 13.3 Å². The zero-order valence-corrected chi connectivity index (χ0v) is 12.2. The van der Waals surface area contributed by atoms with E-state index in [1.54, 1.807) is 12.4 Å². The first kappa shape index (κ1) is 13.6. The Kier molecular flexibility index (Phi) is 3.62. The molecular weight excluding hydrogens is 286 g/mol. The van der Waals surface area contributed by atoms with Crippen molar-refractivity contribution in [1.82, 2.24) is 9.97 Å². The predicted octanol–water partition coefficient (Wildman–Crippen LogP) is 3.71. The van der Waals surface area contributed by atoms with Gasteiger partial charge in [-0.05, 0) is 42.3 Å². The molecule has 1 heterocycles. The minimum atomic E-state index is -0.0702. The third-order valence-electron chi connectivity index (χ3n) is 3.39. The van der Waals surface area contributed by atoms with Crippen LogP contribution < -0.4 is 5.32 Å². The Morgan fingerprint density at radius 2 is 2.19 bits per heavy atom. The van der Waals surface area contributed by atoms with E-state index >= 15 is 0 Å². The molecule has 0 spiro atoms. The van der Waals surface area contributed by atoms with E-state index in [0.717, 1.165) is 27.8 Å². The number of nitrogens with zero attached hydrogens (tertiary/aromatic N) is 1. The number of benzene rings is 2. The second-order valence-electron chi connectivity index (χ2n) is 4.89. The number of nitrogens with one attached hydrogen (secondary N) is 2. The van der Waals surface area contributed by atoms with Gasteiger partial charge in [0.15, 0.2) is 0 Å². The maximum atomic E-state index is 12.1. The fourth-order valence-corrected chi connectivity index (χ4v) is 2.39. The second kappa shape index (κ2) is 5.58. The van der Waals surface area contributed by atoms with Crippen LogP contribution in [0.2, 0.25) is 5.02 Å². The Balaban J connectivity index is 1.75. The highest BCUT2D eigenvalue weighted by molar-refractivity contribution is 6.31. The van der Waals surface area contributed by atoms with E-state index in [9.17, 15) is 4.79 Å². The van der Waals surface area contributed by atoms with Crippen LogP contribution in [0, 0.1) is 6.92 Å². The van der Waals surface area contributed by atoms with Gasteiger partial charge in [0.1, 0.15) is 0 Å². The van der Waals surface area contributed by atoms with Gasteiger partial charge >= 0.3 is 0 Å². The summed E-state index contributed by atoms with van der Waals surface area (Å²) >= 11 is 6.05. The highest BCUT2D eigenvalue weighted by Crippen LogP contribution is 2.23. The number of aromatic nitrogens is 2. The van der Waals surface area contributed by atoms with E-state index in [-0.39, 0.29) is 5.91 Å². The van der Waals surface area contributed by atoms with Gasteiger partial charge in [-0.3, -0.25) is 4.79 Å². The number of carbonyl (C=O) groups excluding carboxylic acids is 1. The van der Waals surface area contributed by atoms with E-state index in [2.05, 4.69) is 15.3 Å². The van der Waals surface area contributed by atoms with Crippen molar-refractivity contribution in [3.8, 4) is 0 Å². The van der Waals surface area contributed by atoms with Crippen molar-refractivity contribution in [3.05, 3.63) is 58.9 Å². The van der Waals surface area contributed by atoms with Gasteiger partial charge in [-0.1, -0.05) is 23.7 Å². The Bertz CT molecular complexity index is 810. The molecule has 1 amide bonds. The van der Waals surface area contributed by atoms with Crippen LogP contribution in [0.15, 0.2) is 42.7 Å². The summed E-state index contributed by atoms with van der Waals surface area (Å²) in [5, 5.41) is 3.54. The Hall–Kier alpha value is -2.33. The molecule has 0 aliphatic heterocycles. The molecule has 0 saturated heterocycles. The first-order valence-corrected chi connectivity index (χ1v) is 6.98. The summed E-state index contributed by atoms with van der Waals surface area (Å²) in [4.78, 5) is 19.3. The van der Waals surface area contributed by atoms with Crippen LogP contribution in [-0.2, 0) is 11.2 Å². The van der Waals surface area contributed by atoms with Crippen LogP contribution >= 0.6 is 11.6 Å². The molecule has 0 atom stereocenters. The molecule has 5 heteroatoms. The maximum absolute atomic E-state index is 12.1. The Morgan fingerprint density at radius 3 is 3.05 bits per heavy atom. The third kappa shape index (κ3) is 2.90. The summed E-state index contributed by atoms with van der Waals surface area (Å²) in [7, 11) is 0. The zero-order valence-electron chi connectivity index (χ0n) is 11.5. The SMILES string of the molecule is Cc1c(Cl)cccc1NC(=O)Cc1ccc2nc[nH]c2c1. The molecular formula is C16H14ClN3O. The highest BCUT2D eigenvalue weighted by atomic mass is 35.5. The number of amides is 1. The molecule has 0 bridgehead atoms. The summed E-state index contributed by atoms with van der Waals surface area (Å²) < 4.78 is 0. The van der Waals surface area contributed by atoms with Gasteiger partial charge in [0.25, 0.3) is 0 Å². The van der Waals surface area contributed by atoms with E-state index in [1.165, 1.54) is 0 Å². The smallest absolute Gasteiger partial charge is 0.228 e. The lowest BCUT2D eigenvalue weighted by Crippen LogP contribution is -2.15. The number of imidazole rings is 1. The highest BCUT2D eigenvalue weighted by Gasteiger charge is 2.08. The molecule has 2 aromatic carbocycles. The first-order valence-electron chi connectivity index (χ1n) is 6.60. The summed E-state index contributed by atoms with van der Waals surface area (Å²) in [5.41, 5.74) is 4.37. The van der Waals surface area contributed by atoms with Gasteiger partial charge in [-0.2, -0.15) is 0 Å². The molecule has 0 aliphatic rings. The molecule has 0 unspecified atom stereocenters. The van der Waals surface area contributed by atoms with Gasteiger partial charge in [-0.15, -0.1) is 0 Å². The van der Waals surface area contributed by atoms with Gasteiger partial charge in [0, 0.05) is 10.7 Å². The molecule has 106 valence electrons. The Labute approximate surface area is 127 Å². The molecule has 3 rings (SSSR count). The number of halogens is 1. The average molecular weight is 300 g/mol. The summed E-state index contributed by atoms with van der Waals surface area (Å²) in [6.45, 7) is 1.88. The van der Waals surface area contributed by atoms with Crippen LogP contribution in [0.25, 0.3) is 11.0 Å². The average Bonchev–Trinajstić information content (AvgIpc) is 2.91. The molecule has 2 N–H and O–H groups in total. The number of hydrogen-bond acceptors (Lipinski definition) is 2. The summed E-state index contributed by atoms with van der Waals surface area (Å²) in [6, 6.07) is 11.2. The number of fused-ring (bicyclic) bond motifs is 1. The molecule has 0 aliphatic carbocycles. The van der Waals surface area contributed by atoms with E-state index in [1.807, 2.05) is 37.3 Å². The van der Waals surface area contributed by atoms with Crippen LogP contribution in [0.4, 0.5) is 5.69 Å². The fraction of sp³-hybridized carbons (Fsp3) is 0.125. The summed E-state index contributed by atoms with van der Waals surface area (Å²) in [5.74, 6) is -0.0702. The van der Waals surface area contributed by atoms with Crippen molar-refractivity contribution in [2.24, 2.45) is 0 Å². The molecule has 21 heavy (non-hydrogen) atoms. The largest absolute Gasteiger partial charge is 0.345 e. The minimum Gasteiger partial charge on any atom is -0.345 e. The molecule has 0 fully saturated rings. The molecule has 4 nitrogen and oxygen atoms in total. The third-order valence-corrected chi connectivity index (χ3v) is 3.80. The minimum absolute atomic E-state index is 0.0702. The van der Waals surface area contributed by atoms with Gasteiger partial charge in [0.05, 0.1) is 23.8 Å². The Morgan fingerprint density at radius 1 is 1.33 bits per heavy atom. The number of H-pyrrole nitrogens is 1. The maximum Gasteiger partial charge on any atom is 0.228 e. The zero-order chi connectivity index (χ0) is 14.8. The molecule has 0 radical (unpaired) electrons. The van der Waals surface area contributed by atoms with Crippen LogP contribution in [0.1, 0.15) is 11.1 Å². The predicted molar refractivity (Wildman–Crippen MR) is 84.6 cm³/mol. The van der Waals surface area contributed by atoms with Gasteiger partial charge in [0.2, 0.25) is 5.91 Å². The molecule has 0 saturated carbocycles. The molecule has 1 aromatic heterocycles. The van der Waals surface area contributed by atoms with E-state index < -0.39 is 0 Å².